The molecule has 6 aliphatic rings. The summed E-state index contributed by atoms with van der Waals surface area (Å²) < 4.78 is 179. The molecule has 0 amide bonds. The Morgan fingerprint density at radius 1 is 0.197 bits per heavy atom. The average Bonchev–Trinajstić information content (AvgIpc) is 0.756. The highest BCUT2D eigenvalue weighted by Crippen LogP contribution is 2.44. The van der Waals surface area contributed by atoms with Crippen LogP contribution in [0.3, 0.4) is 0 Å². The predicted molar refractivity (Wildman–Crippen MR) is 405 cm³/mol. The first-order valence-electron chi connectivity index (χ1n) is 39.0. The maximum absolute atomic E-state index is 13.8. The number of carbonyl (C=O) groups excluding carboxylic acids is 19. The maximum atomic E-state index is 13.8. The zero-order valence-electron chi connectivity index (χ0n) is 72.3. The Kier molecular flexibility index (Phi) is 41.4. The fraction of sp³-hybridized carbons (Fsp3) is 0.750. The summed E-state index contributed by atoms with van der Waals surface area (Å²) in [5.41, 5.74) is -1.23. The summed E-state index contributed by atoms with van der Waals surface area (Å²) >= 11 is 5.31. The Bertz CT molecular complexity index is 3900. The number of hydrogen-bond acceptors (Lipinski definition) is 51. The molecule has 0 spiro atoms. The van der Waals surface area contributed by atoms with E-state index in [-0.39, 0.29) is 11.5 Å². The van der Waals surface area contributed by atoms with Crippen LogP contribution >= 0.6 is 24.4 Å². The van der Waals surface area contributed by atoms with Crippen molar-refractivity contribution in [1.82, 2.24) is 0 Å². The van der Waals surface area contributed by atoms with Gasteiger partial charge in [-0.2, -0.15) is 12.6 Å². The van der Waals surface area contributed by atoms with Crippen LogP contribution in [0.1, 0.15) is 132 Å². The van der Waals surface area contributed by atoms with E-state index in [1.807, 2.05) is 0 Å². The average molecular weight is 1870 g/mol. The number of ether oxygens (including phenoxy) is 30. The van der Waals surface area contributed by atoms with Gasteiger partial charge >= 0.3 is 113 Å². The van der Waals surface area contributed by atoms with Crippen molar-refractivity contribution in [3.8, 4) is 0 Å². The van der Waals surface area contributed by atoms with Gasteiger partial charge in [0.1, 0.15) is 112 Å². The maximum Gasteiger partial charge on any atom is 0.303 e. The van der Waals surface area contributed by atoms with Crippen molar-refractivity contribution in [2.45, 2.75) is 315 Å². The third-order valence-corrected chi connectivity index (χ3v) is 19.7. The molecule has 6 rings (SSSR count). The van der Waals surface area contributed by atoms with Gasteiger partial charge < -0.3 is 142 Å². The van der Waals surface area contributed by atoms with Crippen LogP contribution in [0.25, 0.3) is 0 Å². The van der Waals surface area contributed by atoms with Crippen LogP contribution in [0.5, 0.6) is 0 Å². The highest BCUT2D eigenvalue weighted by Gasteiger charge is 2.64. The first kappa shape index (κ1) is 106. The molecule has 127 heavy (non-hydrogen) atoms. The van der Waals surface area contributed by atoms with Gasteiger partial charge in [-0.1, -0.05) is 0 Å². The Labute approximate surface area is 734 Å². The molecule has 51 heteroatoms. The molecule has 0 aromatic heterocycles. The van der Waals surface area contributed by atoms with Crippen molar-refractivity contribution >= 4 is 138 Å². The number of rotatable bonds is 38. The molecule has 0 saturated carbocycles. The minimum absolute atomic E-state index is 0.218. The zero-order valence-corrected chi connectivity index (χ0v) is 74.0. The smallest absolute Gasteiger partial charge is 0.303 e. The third kappa shape index (κ3) is 32.4. The van der Waals surface area contributed by atoms with Crippen molar-refractivity contribution in [3.05, 3.63) is 0 Å². The summed E-state index contributed by atoms with van der Waals surface area (Å²) in [6, 6.07) is 0. The van der Waals surface area contributed by atoms with E-state index in [0.717, 1.165) is 143 Å². The summed E-state index contributed by atoms with van der Waals surface area (Å²) in [4.78, 5) is 251. The second-order valence-corrected chi connectivity index (χ2v) is 30.3. The molecule has 6 heterocycles. The summed E-state index contributed by atoms with van der Waals surface area (Å²) in [5.74, 6) is -20.7. The van der Waals surface area contributed by atoms with Crippen LogP contribution in [0.15, 0.2) is 0 Å². The van der Waals surface area contributed by atoms with E-state index in [9.17, 15) is 91.1 Å². The van der Waals surface area contributed by atoms with Crippen molar-refractivity contribution in [1.29, 1.82) is 0 Å². The monoisotopic (exact) mass is 1860 g/mol. The lowest BCUT2D eigenvalue weighted by atomic mass is 9.94. The molecule has 49 nitrogen and oxygen atoms in total. The van der Waals surface area contributed by atoms with Crippen LogP contribution in [0.4, 0.5) is 0 Å². The van der Waals surface area contributed by atoms with Crippen LogP contribution in [-0.4, -0.2) is 348 Å². The van der Waals surface area contributed by atoms with E-state index >= 15 is 0 Å². The van der Waals surface area contributed by atoms with Gasteiger partial charge in [0.2, 0.25) is 0 Å². The van der Waals surface area contributed by atoms with Crippen LogP contribution in [0, 0.1) is 0 Å². The molecule has 714 valence electrons. The largest absolute Gasteiger partial charge is 0.463 e. The molecule has 0 radical (unpaired) electrons. The third-order valence-electron chi connectivity index (χ3n) is 18.0. The number of thiol groups is 1. The van der Waals surface area contributed by atoms with Crippen molar-refractivity contribution in [2.24, 2.45) is 0 Å². The van der Waals surface area contributed by atoms with Gasteiger partial charge in [0, 0.05) is 137 Å². The molecule has 6 aliphatic heterocycles. The lowest BCUT2D eigenvalue weighted by Gasteiger charge is -2.52. The molecule has 0 aromatic carbocycles. The highest BCUT2D eigenvalue weighted by molar-refractivity contribution is 8.00. The predicted octanol–water partition coefficient (Wildman–Crippen LogP) is -1.58. The first-order valence-corrected chi connectivity index (χ1v) is 40.7. The van der Waals surface area contributed by atoms with E-state index in [0.29, 0.717) is 0 Å². The van der Waals surface area contributed by atoms with Crippen molar-refractivity contribution < 1.29 is 233 Å². The molecule has 6 fully saturated rings. The second-order valence-electron chi connectivity index (χ2n) is 28.6. The molecule has 0 unspecified atom stereocenters. The summed E-state index contributed by atoms with van der Waals surface area (Å²) in [7, 11) is 0. The van der Waals surface area contributed by atoms with E-state index < -0.39 is 336 Å². The number of thioether (sulfide) groups is 1. The normalized spacial score (nSPS) is 32.6. The molecule has 6 saturated heterocycles. The molecule has 0 aromatic rings. The second kappa shape index (κ2) is 49.7. The SMILES string of the molecule is CC(=O)OC[C@H]1O[C@H](SCCS)[C@H](OC(C)=O)[C@@H](OC(C)=O)[C@@H]1O[C@H]1O[C@H](COC(C)=O)[C@@H](O[C@H]2O[C@H](COC(C)=O)[C@@H](O[C@H]3O[C@H](COC(C)=O)[C@@H](O[C@H]4O[C@H](COC(C)=O)[C@@H](O[C@H]5O[C@H](COC(C)=O)[C@@H](OC(C)=O)[C@H](OC(C)=O)[C@H]5OC(C)=O)[C@H](OC(C)=O)[C@H]4OC(C)=O)[C@H](OC(C)=O)[C@H]3OC(C)=O)[C@H](OC(C)=O)[C@H]2OC(C)=O)[C@H](OC(C)=O)[C@H]1OC(C)=O. The van der Waals surface area contributed by atoms with E-state index in [4.69, 9.17) is 142 Å². The van der Waals surface area contributed by atoms with Crippen molar-refractivity contribution in [3.63, 3.8) is 0 Å². The van der Waals surface area contributed by atoms with Crippen molar-refractivity contribution in [2.75, 3.05) is 51.1 Å². The van der Waals surface area contributed by atoms with Crippen LogP contribution in [-0.2, 0) is 233 Å². The molecule has 0 N–H and O–H groups in total. The van der Waals surface area contributed by atoms with Gasteiger partial charge in [0.15, 0.2) is 111 Å². The van der Waals surface area contributed by atoms with Gasteiger partial charge in [-0.15, -0.1) is 11.8 Å². The van der Waals surface area contributed by atoms with Gasteiger partial charge in [-0.25, -0.2) is 0 Å². The molecular formula is C76H104O49S2. The lowest BCUT2D eigenvalue weighted by molar-refractivity contribution is -0.395. The Balaban J connectivity index is 1.55. The molecule has 0 bridgehead atoms. The van der Waals surface area contributed by atoms with E-state index in [1.165, 1.54) is 0 Å². The van der Waals surface area contributed by atoms with Crippen LogP contribution in [0.2, 0.25) is 0 Å². The molecule has 0 aliphatic carbocycles. The number of hydrogen-bond donors (Lipinski definition) is 1. The molecule has 30 atom stereocenters. The first-order chi connectivity index (χ1) is 59.5. The van der Waals surface area contributed by atoms with Gasteiger partial charge in [-0.3, -0.25) is 91.1 Å². The Morgan fingerprint density at radius 3 is 0.528 bits per heavy atom. The Hall–Kier alpha value is -9.81. The van der Waals surface area contributed by atoms with E-state index in [2.05, 4.69) is 12.6 Å². The Morgan fingerprint density at radius 2 is 0.346 bits per heavy atom. The highest BCUT2D eigenvalue weighted by atomic mass is 32.2. The standard InChI is InChI=1S/C76H104O49S2/c1-28(77)96-22-47-53(102-34(7)83)59(103-35(8)84)65(109-41(14)90)71(115-47)121-54-48(23-97-29(2)78)116-72(66(110-42(15)91)60(54)104-36(9)85)122-55-49(24-98-30(3)79)117-73(67(111-43(16)92)61(55)105-37(10)86)123-56-50(25-99-31(4)80)118-74(68(112-44(17)93)62(56)106-38(11)87)124-57-51(26-100-32(5)81)119-75(69(113-45(18)94)63(57)107-39(12)88)125-58-52(27-101-33(6)82)120-76(127-21-20-126)70(114-46(19)95)64(58)108-40(13)89/h47-76,126H,20-27H2,1-19H3/t47-,48-,49-,50-,51-,52-,53-,54-,55-,56-,57-,58-,59+,60+,61+,62+,63+,64+,65-,66-,67-,68-,69-,70-,71-,72-,73-,74-,75-,76-/m1/s1. The topological polar surface area (TPSA) is 601 Å². The lowest BCUT2D eigenvalue weighted by Crippen LogP contribution is -2.70. The summed E-state index contributed by atoms with van der Waals surface area (Å²) in [6.45, 7) is 11.5. The summed E-state index contributed by atoms with van der Waals surface area (Å²) in [6.07, 6.45) is -60.5. The van der Waals surface area contributed by atoms with Crippen LogP contribution < -0.4 is 0 Å². The molecular weight excluding hydrogens is 1760 g/mol. The fourth-order valence-corrected chi connectivity index (χ4v) is 15.2. The number of carbonyl (C=O) groups is 19. The summed E-state index contributed by atoms with van der Waals surface area (Å²) in [5, 5.41) is 0. The zero-order chi connectivity index (χ0) is 94.9. The van der Waals surface area contributed by atoms with Gasteiger partial charge in [-0.05, 0) is 5.75 Å². The van der Waals surface area contributed by atoms with Gasteiger partial charge in [0.25, 0.3) is 0 Å². The van der Waals surface area contributed by atoms with Gasteiger partial charge in [0.05, 0.1) is 0 Å². The van der Waals surface area contributed by atoms with E-state index in [1.54, 1.807) is 0 Å². The fourth-order valence-electron chi connectivity index (χ4n) is 13.9. The minimum Gasteiger partial charge on any atom is -0.463 e. The quantitative estimate of drug-likeness (QED) is 0.0414. The number of esters is 19. The minimum atomic E-state index is -2.42.